The van der Waals surface area contributed by atoms with E-state index in [0.29, 0.717) is 12.5 Å². The van der Waals surface area contributed by atoms with Gasteiger partial charge in [-0.3, -0.25) is 0 Å². The number of nitrogens with zero attached hydrogens (tertiary/aromatic N) is 1. The van der Waals surface area contributed by atoms with Crippen molar-refractivity contribution in [1.29, 1.82) is 0 Å². The Kier molecular flexibility index (Phi) is 8.59. The van der Waals surface area contributed by atoms with E-state index in [2.05, 4.69) is 0 Å². The van der Waals surface area contributed by atoms with E-state index in [9.17, 15) is 23.3 Å². The fourth-order valence-corrected chi connectivity index (χ4v) is 2.40. The molecule has 0 aliphatic carbocycles. The van der Waals surface area contributed by atoms with Gasteiger partial charge in [-0.15, -0.1) is 0 Å². The first-order valence-corrected chi connectivity index (χ1v) is 7.71. The number of rotatable bonds is 10. The molecule has 0 aromatic carbocycles. The first kappa shape index (κ1) is 17.7. The van der Waals surface area contributed by atoms with Crippen LogP contribution in [0.25, 0.3) is 0 Å². The maximum atomic E-state index is 11.0. The first-order chi connectivity index (χ1) is 8.36. The van der Waals surface area contributed by atoms with Crippen LogP contribution in [0.15, 0.2) is 0 Å². The molecule has 0 radical (unpaired) electrons. The summed E-state index contributed by atoms with van der Waals surface area (Å²) in [6.45, 7) is 4.03. The third-order valence-corrected chi connectivity index (χ3v) is 3.82. The van der Waals surface area contributed by atoms with Gasteiger partial charge in [-0.1, -0.05) is 0 Å². The van der Waals surface area contributed by atoms with Crippen LogP contribution in [0.4, 0.5) is 0 Å². The van der Waals surface area contributed by atoms with Gasteiger partial charge in [0.1, 0.15) is 0 Å². The molecule has 0 aromatic heterocycles. The van der Waals surface area contributed by atoms with Gasteiger partial charge in [-0.25, -0.2) is 0 Å². The summed E-state index contributed by atoms with van der Waals surface area (Å²) in [5.74, 6) is 0.141. The van der Waals surface area contributed by atoms with Gasteiger partial charge < -0.3 is 0 Å². The predicted octanol–water partition coefficient (Wildman–Crippen LogP) is -0.585. The quantitative estimate of drug-likeness (QED) is 0.410. The molecule has 106 valence electrons. The van der Waals surface area contributed by atoms with Gasteiger partial charge in [0.25, 0.3) is 0 Å². The standard InChI is InChI=1S/C10H22BNO5S/c1-9(2)6-10(7-13)12(8-14)4-3-5-18(16,17)11-15/h9-10,13-14H,3-8H2,1-2H3. The van der Waals surface area contributed by atoms with Crippen molar-refractivity contribution in [3.63, 3.8) is 0 Å². The molecule has 0 saturated carbocycles. The molecule has 18 heavy (non-hydrogen) atoms. The molecule has 0 rings (SSSR count). The average Bonchev–Trinajstić information content (AvgIpc) is 2.32. The Morgan fingerprint density at radius 1 is 1.28 bits per heavy atom. The average molecular weight is 279 g/mol. The maximum absolute atomic E-state index is 11.0. The van der Waals surface area contributed by atoms with E-state index in [-0.39, 0.29) is 38.0 Å². The molecule has 8 heteroatoms. The molecule has 6 nitrogen and oxygen atoms in total. The fraction of sp³-hybridized carbons (Fsp3) is 1.00. The topological polar surface area (TPSA) is 94.9 Å². The zero-order valence-corrected chi connectivity index (χ0v) is 11.8. The molecule has 0 amide bonds. The zero-order chi connectivity index (χ0) is 14.2. The van der Waals surface area contributed by atoms with E-state index in [4.69, 9.17) is 0 Å². The number of hydrogen-bond acceptors (Lipinski definition) is 6. The van der Waals surface area contributed by atoms with Crippen molar-refractivity contribution >= 4 is 16.1 Å². The third-order valence-electron chi connectivity index (χ3n) is 2.67. The minimum atomic E-state index is -3.63. The second-order valence-electron chi connectivity index (χ2n) is 4.74. The Morgan fingerprint density at radius 3 is 2.28 bits per heavy atom. The summed E-state index contributed by atoms with van der Waals surface area (Å²) >= 11 is 0. The Morgan fingerprint density at radius 2 is 1.89 bits per heavy atom. The summed E-state index contributed by atoms with van der Waals surface area (Å²) in [5.41, 5.74) is 0. The monoisotopic (exact) mass is 279 g/mol. The number of hydrogen-bond donors (Lipinski definition) is 2. The molecule has 2 N–H and O–H groups in total. The molecule has 1 atom stereocenters. The van der Waals surface area contributed by atoms with Crippen molar-refractivity contribution in [1.82, 2.24) is 4.90 Å². The molecule has 0 heterocycles. The predicted molar refractivity (Wildman–Crippen MR) is 69.0 cm³/mol. The van der Waals surface area contributed by atoms with Crippen LogP contribution < -0.4 is 0 Å². The minimum absolute atomic E-state index is 0.0477. The molecular weight excluding hydrogens is 257 g/mol. The molecule has 0 spiro atoms. The Bertz CT molecular complexity index is 333. The molecule has 0 aliphatic rings. The normalized spacial score (nSPS) is 13.9. The third kappa shape index (κ3) is 7.20. The SMILES string of the molecule is CC(C)CC(CO)N(CO)CCCS(=O)(=O)B=O. The van der Waals surface area contributed by atoms with Gasteiger partial charge in [-0.2, -0.15) is 0 Å². The van der Waals surface area contributed by atoms with Gasteiger partial charge >= 0.3 is 109 Å². The van der Waals surface area contributed by atoms with E-state index in [1.807, 2.05) is 13.8 Å². The summed E-state index contributed by atoms with van der Waals surface area (Å²) < 4.78 is 32.2. The van der Waals surface area contributed by atoms with Crippen molar-refractivity contribution in [3.05, 3.63) is 0 Å². The van der Waals surface area contributed by atoms with Crippen LogP contribution in [0.3, 0.4) is 0 Å². The van der Waals surface area contributed by atoms with Gasteiger partial charge in [0.15, 0.2) is 0 Å². The van der Waals surface area contributed by atoms with E-state index in [0.717, 1.165) is 6.42 Å². The van der Waals surface area contributed by atoms with Gasteiger partial charge in [0.2, 0.25) is 0 Å². The Labute approximate surface area is 109 Å². The van der Waals surface area contributed by atoms with Crippen molar-refractivity contribution in [3.8, 4) is 0 Å². The molecular formula is C10H22BNO5S. The summed E-state index contributed by atoms with van der Waals surface area (Å²) in [6, 6.07) is -0.186. The van der Waals surface area contributed by atoms with E-state index >= 15 is 0 Å². The molecule has 0 fully saturated rings. The van der Waals surface area contributed by atoms with Gasteiger partial charge in [0, 0.05) is 0 Å². The first-order valence-electron chi connectivity index (χ1n) is 6.00. The van der Waals surface area contributed by atoms with Crippen molar-refractivity contribution in [2.45, 2.75) is 32.7 Å². The molecule has 1 unspecified atom stereocenters. The van der Waals surface area contributed by atoms with E-state index < -0.39 is 9.69 Å². The van der Waals surface area contributed by atoms with Crippen LogP contribution in [-0.2, 0) is 14.4 Å². The zero-order valence-electron chi connectivity index (χ0n) is 10.9. The molecule has 0 bridgehead atoms. The van der Waals surface area contributed by atoms with Crippen molar-refractivity contribution in [2.24, 2.45) is 5.92 Å². The molecule has 0 aromatic rings. The van der Waals surface area contributed by atoms with Crippen LogP contribution in [0.5, 0.6) is 0 Å². The van der Waals surface area contributed by atoms with E-state index in [1.54, 1.807) is 4.90 Å². The van der Waals surface area contributed by atoms with Crippen LogP contribution >= 0.6 is 0 Å². The Hall–Kier alpha value is -0.305. The molecule has 0 aliphatic heterocycles. The summed E-state index contributed by atoms with van der Waals surface area (Å²) in [7, 11) is -3.63. The fourth-order valence-electron chi connectivity index (χ4n) is 1.77. The van der Waals surface area contributed by atoms with Crippen molar-refractivity contribution in [2.75, 3.05) is 25.6 Å². The van der Waals surface area contributed by atoms with E-state index in [1.165, 1.54) is 0 Å². The van der Waals surface area contributed by atoms with Crippen LogP contribution in [-0.4, -0.2) is 61.6 Å². The van der Waals surface area contributed by atoms with Crippen LogP contribution in [0.2, 0.25) is 0 Å². The van der Waals surface area contributed by atoms with Crippen molar-refractivity contribution < 1.29 is 23.3 Å². The summed E-state index contributed by atoms with van der Waals surface area (Å²) in [5, 5.41) is 18.5. The van der Waals surface area contributed by atoms with Crippen LogP contribution in [0.1, 0.15) is 26.7 Å². The summed E-state index contributed by atoms with van der Waals surface area (Å²) in [4.78, 5) is 1.63. The number of aliphatic hydroxyl groups excluding tert-OH is 2. The van der Waals surface area contributed by atoms with Crippen LogP contribution in [0, 0.1) is 5.92 Å². The van der Waals surface area contributed by atoms with Gasteiger partial charge in [0.05, 0.1) is 0 Å². The summed E-state index contributed by atoms with van der Waals surface area (Å²) in [6.07, 6.45) is 0.932. The second-order valence-corrected chi connectivity index (χ2v) is 6.66. The second kappa shape index (κ2) is 8.74. The molecule has 0 saturated heterocycles. The number of aliphatic hydroxyl groups is 2. The Balaban J connectivity index is 4.28. The van der Waals surface area contributed by atoms with Gasteiger partial charge in [-0.05, 0) is 0 Å².